The molecule has 4 heterocycles. The first-order chi connectivity index (χ1) is 18.9. The molecule has 1 saturated carbocycles. The number of hydrogen-bond acceptors (Lipinski definition) is 7. The predicted molar refractivity (Wildman–Crippen MR) is 153 cm³/mol. The lowest BCUT2D eigenvalue weighted by Gasteiger charge is -2.39. The maximum Gasteiger partial charge on any atom is 0.225 e. The summed E-state index contributed by atoms with van der Waals surface area (Å²) in [6.45, 7) is 9.57. The molecule has 0 spiro atoms. The Hall–Kier alpha value is -3.11. The SMILES string of the molecule is CC(=O)Nc1nc2c(s1)-c1c(c(-c3cccnc3)nn1C1CCC(C(=O)N3CCN(C(C)C)CC3)CC1)CC2. The van der Waals surface area contributed by atoms with Crippen LogP contribution in [0.3, 0.4) is 0 Å². The van der Waals surface area contributed by atoms with E-state index in [1.165, 1.54) is 23.8 Å². The predicted octanol–water partition coefficient (Wildman–Crippen LogP) is 4.41. The lowest BCUT2D eigenvalue weighted by atomic mass is 9.84. The van der Waals surface area contributed by atoms with Gasteiger partial charge in [-0.05, 0) is 64.5 Å². The molecule has 1 saturated heterocycles. The minimum Gasteiger partial charge on any atom is -0.340 e. The second-order valence-electron chi connectivity index (χ2n) is 11.3. The van der Waals surface area contributed by atoms with Crippen molar-refractivity contribution in [2.24, 2.45) is 5.92 Å². The zero-order valence-electron chi connectivity index (χ0n) is 23.0. The Morgan fingerprint density at radius 3 is 2.51 bits per heavy atom. The number of rotatable bonds is 5. The van der Waals surface area contributed by atoms with E-state index in [-0.39, 0.29) is 17.9 Å². The number of piperazine rings is 1. The highest BCUT2D eigenvalue weighted by Crippen LogP contribution is 2.46. The summed E-state index contributed by atoms with van der Waals surface area (Å²) in [4.78, 5) is 39.8. The third-order valence-corrected chi connectivity index (χ3v) is 9.52. The molecule has 1 N–H and O–H groups in total. The number of amides is 2. The molecule has 0 atom stereocenters. The summed E-state index contributed by atoms with van der Waals surface area (Å²) in [5, 5.41) is 8.72. The standard InChI is InChI=1S/C29H37N7O2S/c1-18(2)34-13-15-35(16-14-34)28(38)20-6-8-22(9-7-20)36-26-23(25(33-36)21-5-4-12-30-17-21)10-11-24-27(26)39-29(32-24)31-19(3)37/h4-5,12,17-18,20,22H,6-11,13-16H2,1-3H3,(H,31,32,37). The molecule has 206 valence electrons. The van der Waals surface area contributed by atoms with E-state index in [0.717, 1.165) is 92.2 Å². The molecule has 0 unspecified atom stereocenters. The fourth-order valence-corrected chi connectivity index (χ4v) is 7.51. The molecule has 3 aromatic heterocycles. The van der Waals surface area contributed by atoms with Crippen molar-refractivity contribution in [1.82, 2.24) is 29.5 Å². The van der Waals surface area contributed by atoms with E-state index in [1.807, 2.05) is 12.3 Å². The van der Waals surface area contributed by atoms with Gasteiger partial charge in [-0.1, -0.05) is 11.3 Å². The van der Waals surface area contributed by atoms with Gasteiger partial charge in [0.05, 0.1) is 28.0 Å². The van der Waals surface area contributed by atoms with Crippen LogP contribution in [0.15, 0.2) is 24.5 Å². The van der Waals surface area contributed by atoms with Crippen molar-refractivity contribution in [1.29, 1.82) is 0 Å². The van der Waals surface area contributed by atoms with Crippen LogP contribution in [0, 0.1) is 5.92 Å². The molecule has 2 amide bonds. The molecule has 0 radical (unpaired) electrons. The number of nitrogens with one attached hydrogen (secondary N) is 1. The van der Waals surface area contributed by atoms with E-state index in [1.54, 1.807) is 6.20 Å². The molecule has 0 bridgehead atoms. The first-order valence-electron chi connectivity index (χ1n) is 14.2. The molecule has 39 heavy (non-hydrogen) atoms. The van der Waals surface area contributed by atoms with Gasteiger partial charge in [0.15, 0.2) is 5.13 Å². The van der Waals surface area contributed by atoms with Crippen LogP contribution in [0.25, 0.3) is 21.8 Å². The van der Waals surface area contributed by atoms with E-state index in [9.17, 15) is 9.59 Å². The third-order valence-electron chi connectivity index (χ3n) is 8.50. The van der Waals surface area contributed by atoms with Crippen LogP contribution in [0.2, 0.25) is 0 Å². The maximum atomic E-state index is 13.4. The van der Waals surface area contributed by atoms with Gasteiger partial charge in [0.1, 0.15) is 0 Å². The summed E-state index contributed by atoms with van der Waals surface area (Å²) in [5.74, 6) is 0.320. The second kappa shape index (κ2) is 10.8. The topological polar surface area (TPSA) is 96.2 Å². The van der Waals surface area contributed by atoms with Gasteiger partial charge in [-0.15, -0.1) is 0 Å². The lowest BCUT2D eigenvalue weighted by molar-refractivity contribution is -0.138. The van der Waals surface area contributed by atoms with E-state index < -0.39 is 0 Å². The fourth-order valence-electron chi connectivity index (χ4n) is 6.38. The highest BCUT2D eigenvalue weighted by Gasteiger charge is 2.36. The molecule has 10 heteroatoms. The van der Waals surface area contributed by atoms with E-state index >= 15 is 0 Å². The Balaban J connectivity index is 1.25. The number of aromatic nitrogens is 4. The van der Waals surface area contributed by atoms with Crippen LogP contribution in [-0.4, -0.2) is 73.6 Å². The quantitative estimate of drug-likeness (QED) is 0.508. The summed E-state index contributed by atoms with van der Waals surface area (Å²) in [5.41, 5.74) is 5.39. The zero-order chi connectivity index (χ0) is 27.1. The second-order valence-corrected chi connectivity index (χ2v) is 12.3. The highest BCUT2D eigenvalue weighted by atomic mass is 32.1. The molecule has 2 fully saturated rings. The Morgan fingerprint density at radius 2 is 1.85 bits per heavy atom. The number of pyridine rings is 1. The van der Waals surface area contributed by atoms with Gasteiger partial charge in [0, 0.05) is 68.6 Å². The number of hydrogen-bond donors (Lipinski definition) is 1. The summed E-state index contributed by atoms with van der Waals surface area (Å²) in [7, 11) is 0. The molecule has 1 aliphatic heterocycles. The Kier molecular flexibility index (Phi) is 7.24. The fraction of sp³-hybridized carbons (Fsp3) is 0.552. The van der Waals surface area contributed by atoms with Crippen molar-refractivity contribution in [3.8, 4) is 21.8 Å². The number of carbonyl (C=O) groups excluding carboxylic acids is 2. The summed E-state index contributed by atoms with van der Waals surface area (Å²) in [6.07, 6.45) is 8.97. The van der Waals surface area contributed by atoms with Gasteiger partial charge in [-0.2, -0.15) is 5.10 Å². The summed E-state index contributed by atoms with van der Waals surface area (Å²) in [6, 6.07) is 4.78. The molecule has 9 nitrogen and oxygen atoms in total. The minimum atomic E-state index is -0.112. The largest absolute Gasteiger partial charge is 0.340 e. The lowest BCUT2D eigenvalue weighted by Crippen LogP contribution is -2.52. The number of nitrogens with zero attached hydrogens (tertiary/aromatic N) is 6. The highest BCUT2D eigenvalue weighted by molar-refractivity contribution is 7.19. The van der Waals surface area contributed by atoms with Crippen molar-refractivity contribution in [3.63, 3.8) is 0 Å². The summed E-state index contributed by atoms with van der Waals surface area (Å²) < 4.78 is 2.22. The van der Waals surface area contributed by atoms with Gasteiger partial charge in [-0.25, -0.2) is 4.98 Å². The van der Waals surface area contributed by atoms with Crippen molar-refractivity contribution in [3.05, 3.63) is 35.8 Å². The van der Waals surface area contributed by atoms with Crippen LogP contribution in [0.4, 0.5) is 5.13 Å². The Labute approximate surface area is 233 Å². The number of fused-ring (bicyclic) bond motifs is 3. The number of carbonyl (C=O) groups is 2. The van der Waals surface area contributed by atoms with E-state index in [2.05, 4.69) is 44.7 Å². The maximum absolute atomic E-state index is 13.4. The third kappa shape index (κ3) is 5.12. The molecular formula is C29H37N7O2S. The molecule has 6 rings (SSSR count). The van der Waals surface area contributed by atoms with Crippen LogP contribution in [-0.2, 0) is 22.4 Å². The first-order valence-corrected chi connectivity index (χ1v) is 15.0. The van der Waals surface area contributed by atoms with Gasteiger partial charge in [-0.3, -0.25) is 24.2 Å². The van der Waals surface area contributed by atoms with Crippen LogP contribution >= 0.6 is 11.3 Å². The zero-order valence-corrected chi connectivity index (χ0v) is 23.8. The Bertz CT molecular complexity index is 1350. The van der Waals surface area contributed by atoms with Gasteiger partial charge in [0.25, 0.3) is 0 Å². The van der Waals surface area contributed by atoms with Gasteiger partial charge >= 0.3 is 0 Å². The first kappa shape index (κ1) is 26.1. The molecular weight excluding hydrogens is 510 g/mol. The van der Waals surface area contributed by atoms with Crippen molar-refractivity contribution < 1.29 is 9.59 Å². The normalized spacial score (nSPS) is 21.5. The van der Waals surface area contributed by atoms with Crippen LogP contribution < -0.4 is 5.32 Å². The average molecular weight is 548 g/mol. The number of anilines is 1. The molecule has 2 aliphatic carbocycles. The van der Waals surface area contributed by atoms with E-state index in [0.29, 0.717) is 17.1 Å². The molecule has 0 aromatic carbocycles. The smallest absolute Gasteiger partial charge is 0.225 e. The van der Waals surface area contributed by atoms with E-state index in [4.69, 9.17) is 10.1 Å². The summed E-state index contributed by atoms with van der Waals surface area (Å²) >= 11 is 1.54. The Morgan fingerprint density at radius 1 is 1.08 bits per heavy atom. The van der Waals surface area contributed by atoms with Crippen molar-refractivity contribution >= 4 is 28.3 Å². The van der Waals surface area contributed by atoms with Crippen molar-refractivity contribution in [2.75, 3.05) is 31.5 Å². The molecule has 3 aliphatic rings. The van der Waals surface area contributed by atoms with Gasteiger partial charge in [0.2, 0.25) is 11.8 Å². The van der Waals surface area contributed by atoms with Gasteiger partial charge < -0.3 is 10.2 Å². The van der Waals surface area contributed by atoms with Crippen molar-refractivity contribution in [2.45, 2.75) is 71.4 Å². The monoisotopic (exact) mass is 547 g/mol. The molecule has 3 aromatic rings. The minimum absolute atomic E-state index is 0.0985. The average Bonchev–Trinajstić information content (AvgIpc) is 3.54. The van der Waals surface area contributed by atoms with Crippen LogP contribution in [0.1, 0.15) is 63.8 Å². The number of thiazole rings is 1. The number of aryl methyl sites for hydroxylation is 1. The van der Waals surface area contributed by atoms with Crippen LogP contribution in [0.5, 0.6) is 0 Å².